The number of fused-ring (bicyclic) bond motifs is 1. The zero-order valence-corrected chi connectivity index (χ0v) is 14.3. The average molecular weight is 334 g/mol. The van der Waals surface area contributed by atoms with Gasteiger partial charge in [0.1, 0.15) is 23.9 Å². The number of benzene rings is 2. The Balaban J connectivity index is 1.82. The fraction of sp³-hybridized carbons (Fsp3) is 0.211. The maximum atomic E-state index is 5.94. The van der Waals surface area contributed by atoms with Crippen LogP contribution in [0, 0.1) is 0 Å². The Morgan fingerprint density at radius 3 is 2.56 bits per heavy atom. The van der Waals surface area contributed by atoms with Crippen molar-refractivity contribution in [2.45, 2.75) is 19.8 Å². The molecule has 0 aliphatic carbocycles. The van der Waals surface area contributed by atoms with E-state index in [-0.39, 0.29) is 0 Å². The van der Waals surface area contributed by atoms with Crippen molar-refractivity contribution < 1.29 is 9.15 Å². The van der Waals surface area contributed by atoms with Crippen molar-refractivity contribution in [1.82, 2.24) is 19.7 Å². The van der Waals surface area contributed by atoms with E-state index in [0.29, 0.717) is 11.8 Å². The van der Waals surface area contributed by atoms with Gasteiger partial charge in [0.25, 0.3) is 0 Å². The molecule has 0 aliphatic rings. The lowest BCUT2D eigenvalue weighted by molar-refractivity contribution is 0.413. The number of aromatic nitrogens is 4. The number of methoxy groups -OCH3 is 1. The Hall–Kier alpha value is -3.15. The van der Waals surface area contributed by atoms with Crippen LogP contribution in [0.4, 0.5) is 0 Å². The lowest BCUT2D eigenvalue weighted by Crippen LogP contribution is -1.96. The molecule has 2 aromatic heterocycles. The highest BCUT2D eigenvalue weighted by Gasteiger charge is 2.13. The topological polar surface area (TPSA) is 66.0 Å². The number of nitrogens with zero attached hydrogens (tertiary/aromatic N) is 4. The predicted octanol–water partition coefficient (Wildman–Crippen LogP) is 4.21. The summed E-state index contributed by atoms with van der Waals surface area (Å²) in [5.74, 6) is 1.75. The molecule has 4 aromatic rings. The summed E-state index contributed by atoms with van der Waals surface area (Å²) >= 11 is 0. The molecule has 0 N–H and O–H groups in total. The number of rotatable bonds is 4. The third kappa shape index (κ3) is 2.76. The van der Waals surface area contributed by atoms with Gasteiger partial charge in [-0.15, -0.1) is 10.2 Å². The van der Waals surface area contributed by atoms with Gasteiger partial charge in [-0.25, -0.2) is 4.98 Å². The zero-order valence-electron chi connectivity index (χ0n) is 14.3. The van der Waals surface area contributed by atoms with Crippen LogP contribution in [0.1, 0.15) is 25.3 Å². The summed E-state index contributed by atoms with van der Waals surface area (Å²) in [5.41, 5.74) is 4.58. The van der Waals surface area contributed by atoms with Gasteiger partial charge in [0.15, 0.2) is 5.58 Å². The van der Waals surface area contributed by atoms with Gasteiger partial charge in [-0.2, -0.15) is 0 Å². The van der Waals surface area contributed by atoms with E-state index >= 15 is 0 Å². The SMILES string of the molecule is COc1ccc(-c2nc3cc(C(C)C)ccc3o2)cc1-n1cnnc1. The fourth-order valence-electron chi connectivity index (χ4n) is 2.78. The molecule has 6 nitrogen and oxygen atoms in total. The van der Waals surface area contributed by atoms with Gasteiger partial charge in [0.2, 0.25) is 5.89 Å². The quantitative estimate of drug-likeness (QED) is 0.559. The average Bonchev–Trinajstić information content (AvgIpc) is 3.29. The number of hydrogen-bond acceptors (Lipinski definition) is 5. The normalized spacial score (nSPS) is 11.4. The van der Waals surface area contributed by atoms with Crippen LogP contribution >= 0.6 is 0 Å². The monoisotopic (exact) mass is 334 g/mol. The largest absolute Gasteiger partial charge is 0.495 e. The van der Waals surface area contributed by atoms with E-state index in [1.807, 2.05) is 24.3 Å². The summed E-state index contributed by atoms with van der Waals surface area (Å²) in [7, 11) is 1.63. The summed E-state index contributed by atoms with van der Waals surface area (Å²) in [6, 6.07) is 11.9. The van der Waals surface area contributed by atoms with E-state index in [0.717, 1.165) is 28.1 Å². The zero-order chi connectivity index (χ0) is 17.4. The van der Waals surface area contributed by atoms with Crippen LogP contribution in [0.25, 0.3) is 28.2 Å². The van der Waals surface area contributed by atoms with Crippen molar-refractivity contribution in [3.63, 3.8) is 0 Å². The van der Waals surface area contributed by atoms with E-state index in [1.165, 1.54) is 5.56 Å². The van der Waals surface area contributed by atoms with Gasteiger partial charge in [-0.1, -0.05) is 19.9 Å². The molecule has 0 spiro atoms. The van der Waals surface area contributed by atoms with Gasteiger partial charge in [-0.05, 0) is 41.8 Å². The van der Waals surface area contributed by atoms with Crippen LogP contribution in [0.5, 0.6) is 5.75 Å². The first-order valence-electron chi connectivity index (χ1n) is 8.09. The van der Waals surface area contributed by atoms with Crippen LogP contribution in [0.15, 0.2) is 53.5 Å². The Bertz CT molecular complexity index is 1020. The van der Waals surface area contributed by atoms with Crippen molar-refractivity contribution in [2.24, 2.45) is 0 Å². The Labute approximate surface area is 145 Å². The second kappa shape index (κ2) is 6.05. The highest BCUT2D eigenvalue weighted by molar-refractivity contribution is 5.77. The first kappa shape index (κ1) is 15.4. The smallest absolute Gasteiger partial charge is 0.227 e. The molecule has 0 saturated carbocycles. The Kier molecular flexibility index (Phi) is 3.72. The molecular formula is C19H18N4O2. The van der Waals surface area contributed by atoms with Crippen molar-refractivity contribution >= 4 is 11.1 Å². The highest BCUT2D eigenvalue weighted by Crippen LogP contribution is 2.31. The van der Waals surface area contributed by atoms with Crippen LogP contribution in [0.3, 0.4) is 0 Å². The van der Waals surface area contributed by atoms with Crippen molar-refractivity contribution in [3.05, 3.63) is 54.6 Å². The predicted molar refractivity (Wildman–Crippen MR) is 95.0 cm³/mol. The molecule has 0 saturated heterocycles. The third-order valence-electron chi connectivity index (χ3n) is 4.20. The molecule has 4 rings (SSSR count). The molecular weight excluding hydrogens is 316 g/mol. The van der Waals surface area contributed by atoms with Gasteiger partial charge in [0.05, 0.1) is 12.8 Å². The molecule has 0 bridgehead atoms. The molecule has 0 unspecified atom stereocenters. The van der Waals surface area contributed by atoms with E-state index < -0.39 is 0 Å². The molecule has 25 heavy (non-hydrogen) atoms. The summed E-state index contributed by atoms with van der Waals surface area (Å²) < 4.78 is 13.2. The lowest BCUT2D eigenvalue weighted by atomic mass is 10.0. The first-order valence-corrected chi connectivity index (χ1v) is 8.09. The van der Waals surface area contributed by atoms with E-state index in [9.17, 15) is 0 Å². The maximum absolute atomic E-state index is 5.94. The van der Waals surface area contributed by atoms with Crippen LogP contribution in [0.2, 0.25) is 0 Å². The summed E-state index contributed by atoms with van der Waals surface area (Å²) in [6.45, 7) is 4.33. The molecule has 126 valence electrons. The Morgan fingerprint density at radius 2 is 1.84 bits per heavy atom. The summed E-state index contributed by atoms with van der Waals surface area (Å²) in [6.07, 6.45) is 3.26. The second-order valence-corrected chi connectivity index (χ2v) is 6.16. The number of ether oxygens (including phenoxy) is 1. The minimum absolute atomic E-state index is 0.450. The van der Waals surface area contributed by atoms with Crippen LogP contribution in [-0.4, -0.2) is 26.9 Å². The van der Waals surface area contributed by atoms with E-state index in [1.54, 1.807) is 24.3 Å². The first-order chi connectivity index (χ1) is 12.2. The number of hydrogen-bond donors (Lipinski definition) is 0. The number of oxazole rings is 1. The summed E-state index contributed by atoms with van der Waals surface area (Å²) in [5, 5.41) is 7.71. The van der Waals surface area contributed by atoms with Gasteiger partial charge in [0, 0.05) is 5.56 Å². The van der Waals surface area contributed by atoms with Crippen molar-refractivity contribution in [3.8, 4) is 22.9 Å². The van der Waals surface area contributed by atoms with E-state index in [4.69, 9.17) is 9.15 Å². The minimum atomic E-state index is 0.450. The molecule has 0 radical (unpaired) electrons. The van der Waals surface area contributed by atoms with Gasteiger partial charge in [-0.3, -0.25) is 4.57 Å². The molecule has 2 aromatic carbocycles. The van der Waals surface area contributed by atoms with Gasteiger partial charge >= 0.3 is 0 Å². The molecule has 6 heteroatoms. The molecule has 2 heterocycles. The fourth-order valence-corrected chi connectivity index (χ4v) is 2.78. The highest BCUT2D eigenvalue weighted by atomic mass is 16.5. The molecule has 0 amide bonds. The molecule has 0 atom stereocenters. The van der Waals surface area contributed by atoms with Crippen LogP contribution < -0.4 is 4.74 Å². The molecule has 0 fully saturated rings. The standard InChI is InChI=1S/C19H18N4O2/c1-12(2)13-4-6-17-15(8-13)22-19(25-17)14-5-7-18(24-3)16(9-14)23-10-20-21-11-23/h4-12H,1-3H3. The molecule has 0 aliphatic heterocycles. The van der Waals surface area contributed by atoms with Crippen molar-refractivity contribution in [1.29, 1.82) is 0 Å². The van der Waals surface area contributed by atoms with Crippen LogP contribution in [-0.2, 0) is 0 Å². The lowest BCUT2D eigenvalue weighted by Gasteiger charge is -2.09. The third-order valence-corrected chi connectivity index (χ3v) is 4.20. The maximum Gasteiger partial charge on any atom is 0.227 e. The second-order valence-electron chi connectivity index (χ2n) is 6.16. The van der Waals surface area contributed by atoms with Crippen molar-refractivity contribution in [2.75, 3.05) is 7.11 Å². The minimum Gasteiger partial charge on any atom is -0.495 e. The Morgan fingerprint density at radius 1 is 1.04 bits per heavy atom. The summed E-state index contributed by atoms with van der Waals surface area (Å²) in [4.78, 5) is 4.66. The van der Waals surface area contributed by atoms with Gasteiger partial charge < -0.3 is 9.15 Å². The van der Waals surface area contributed by atoms with E-state index in [2.05, 4.69) is 41.2 Å².